The van der Waals surface area contributed by atoms with Gasteiger partial charge in [0.25, 0.3) is 0 Å². The Labute approximate surface area is 169 Å². The highest BCUT2D eigenvalue weighted by Crippen LogP contribution is 2.31. The number of rotatable bonds is 5. The Morgan fingerprint density at radius 3 is 2.69 bits per heavy atom. The van der Waals surface area contributed by atoms with Crippen molar-refractivity contribution in [3.8, 4) is 0 Å². The van der Waals surface area contributed by atoms with Gasteiger partial charge in [-0.15, -0.1) is 0 Å². The molecule has 1 unspecified atom stereocenters. The fourth-order valence-corrected chi connectivity index (χ4v) is 4.31. The zero-order valence-corrected chi connectivity index (χ0v) is 16.8. The highest BCUT2D eigenvalue weighted by molar-refractivity contribution is 7.89. The van der Waals surface area contributed by atoms with Crippen LogP contribution in [0.3, 0.4) is 0 Å². The minimum atomic E-state index is -3.47. The molecule has 29 heavy (non-hydrogen) atoms. The molecule has 8 heteroatoms. The maximum absolute atomic E-state index is 12.8. The highest BCUT2D eigenvalue weighted by Gasteiger charge is 2.31. The van der Waals surface area contributed by atoms with Crippen LogP contribution in [0.4, 0.5) is 0 Å². The molecule has 0 radical (unpaired) electrons. The Balaban J connectivity index is 1.50. The molecule has 3 aromatic rings. The SMILES string of the molecule is CNS(=O)(=O)c1ccc(/C=C/C(=O)N2CCCC2c2nc3ccccc3[nH]2)cc1. The molecule has 0 spiro atoms. The molecule has 1 atom stereocenters. The van der Waals surface area contributed by atoms with Crippen molar-refractivity contribution < 1.29 is 13.2 Å². The number of aromatic amines is 1. The van der Waals surface area contributed by atoms with E-state index in [9.17, 15) is 13.2 Å². The molecule has 7 nitrogen and oxygen atoms in total. The molecule has 1 aliphatic rings. The summed E-state index contributed by atoms with van der Waals surface area (Å²) in [5.74, 6) is 0.729. The van der Waals surface area contributed by atoms with E-state index >= 15 is 0 Å². The lowest BCUT2D eigenvalue weighted by Crippen LogP contribution is -2.29. The molecular weight excluding hydrogens is 388 g/mol. The molecule has 2 N–H and O–H groups in total. The highest BCUT2D eigenvalue weighted by atomic mass is 32.2. The third-order valence-electron chi connectivity index (χ3n) is 5.14. The number of likely N-dealkylation sites (tertiary alicyclic amines) is 1. The summed E-state index contributed by atoms with van der Waals surface area (Å²) >= 11 is 0. The number of carbonyl (C=O) groups excluding carboxylic acids is 1. The number of benzene rings is 2. The molecule has 1 aliphatic heterocycles. The molecule has 1 saturated heterocycles. The topological polar surface area (TPSA) is 95.2 Å². The lowest BCUT2D eigenvalue weighted by Gasteiger charge is -2.21. The quantitative estimate of drug-likeness (QED) is 0.632. The van der Waals surface area contributed by atoms with Crippen LogP contribution in [0.25, 0.3) is 17.1 Å². The van der Waals surface area contributed by atoms with Gasteiger partial charge in [0.15, 0.2) is 0 Å². The second-order valence-electron chi connectivity index (χ2n) is 6.94. The fraction of sp³-hybridized carbons (Fsp3) is 0.238. The number of nitrogens with zero attached hydrogens (tertiary/aromatic N) is 2. The Morgan fingerprint density at radius 1 is 1.21 bits per heavy atom. The molecule has 4 rings (SSSR count). The van der Waals surface area contributed by atoms with Crippen molar-refractivity contribution in [3.63, 3.8) is 0 Å². The van der Waals surface area contributed by atoms with Crippen LogP contribution in [0.2, 0.25) is 0 Å². The van der Waals surface area contributed by atoms with Gasteiger partial charge in [-0.25, -0.2) is 18.1 Å². The number of hydrogen-bond donors (Lipinski definition) is 2. The summed E-state index contributed by atoms with van der Waals surface area (Å²) in [6.07, 6.45) is 5.03. The van der Waals surface area contributed by atoms with Crippen LogP contribution in [0.5, 0.6) is 0 Å². The Bertz CT molecular complexity index is 1130. The van der Waals surface area contributed by atoms with Crippen molar-refractivity contribution in [3.05, 3.63) is 66.0 Å². The first-order valence-electron chi connectivity index (χ1n) is 9.45. The minimum Gasteiger partial charge on any atom is -0.340 e. The predicted octanol–water partition coefficient (Wildman–Crippen LogP) is 2.85. The summed E-state index contributed by atoms with van der Waals surface area (Å²) in [4.78, 5) is 22.8. The van der Waals surface area contributed by atoms with Crippen molar-refractivity contribution in [2.75, 3.05) is 13.6 Å². The van der Waals surface area contributed by atoms with Gasteiger partial charge in [0.05, 0.1) is 22.0 Å². The van der Waals surface area contributed by atoms with E-state index in [2.05, 4.69) is 14.7 Å². The number of hydrogen-bond acceptors (Lipinski definition) is 4. The third-order valence-corrected chi connectivity index (χ3v) is 6.57. The molecule has 150 valence electrons. The minimum absolute atomic E-state index is 0.0669. The van der Waals surface area contributed by atoms with Crippen molar-refractivity contribution in [2.45, 2.75) is 23.8 Å². The molecule has 0 saturated carbocycles. The van der Waals surface area contributed by atoms with Gasteiger partial charge in [0.2, 0.25) is 15.9 Å². The first-order chi connectivity index (χ1) is 14.0. The van der Waals surface area contributed by atoms with Crippen LogP contribution >= 0.6 is 0 Å². The zero-order chi connectivity index (χ0) is 20.4. The molecule has 0 aliphatic carbocycles. The summed E-state index contributed by atoms with van der Waals surface area (Å²) in [5.41, 5.74) is 2.62. The second-order valence-corrected chi connectivity index (χ2v) is 8.83. The average molecular weight is 410 g/mol. The second kappa shape index (κ2) is 7.81. The van der Waals surface area contributed by atoms with Crippen molar-refractivity contribution in [1.29, 1.82) is 0 Å². The van der Waals surface area contributed by atoms with E-state index in [0.717, 1.165) is 35.3 Å². The van der Waals surface area contributed by atoms with Crippen LogP contribution in [-0.2, 0) is 14.8 Å². The van der Waals surface area contributed by atoms with Crippen LogP contribution in [0.1, 0.15) is 30.3 Å². The Morgan fingerprint density at radius 2 is 1.97 bits per heavy atom. The maximum atomic E-state index is 12.8. The largest absolute Gasteiger partial charge is 0.340 e. The average Bonchev–Trinajstić information content (AvgIpc) is 3.39. The predicted molar refractivity (Wildman–Crippen MR) is 112 cm³/mol. The van der Waals surface area contributed by atoms with E-state index < -0.39 is 10.0 Å². The number of nitrogens with one attached hydrogen (secondary N) is 2. The molecule has 2 heterocycles. The first kappa shape index (κ1) is 19.4. The van der Waals surface area contributed by atoms with Gasteiger partial charge in [0.1, 0.15) is 5.82 Å². The van der Waals surface area contributed by atoms with Crippen molar-refractivity contribution >= 4 is 33.0 Å². The number of amides is 1. The van der Waals surface area contributed by atoms with Gasteiger partial charge in [-0.2, -0.15) is 0 Å². The monoisotopic (exact) mass is 410 g/mol. The summed E-state index contributed by atoms with van der Waals surface area (Å²) in [5, 5.41) is 0. The van der Waals surface area contributed by atoms with E-state index in [4.69, 9.17) is 0 Å². The van der Waals surface area contributed by atoms with Gasteiger partial charge in [-0.1, -0.05) is 24.3 Å². The number of aromatic nitrogens is 2. The van der Waals surface area contributed by atoms with Crippen LogP contribution in [0, 0.1) is 0 Å². The van der Waals surface area contributed by atoms with E-state index in [1.165, 1.54) is 25.3 Å². The normalized spacial score (nSPS) is 17.4. The zero-order valence-electron chi connectivity index (χ0n) is 16.0. The number of carbonyl (C=O) groups is 1. The number of imidazole rings is 1. The van der Waals surface area contributed by atoms with Crippen LogP contribution in [0.15, 0.2) is 59.5 Å². The van der Waals surface area contributed by atoms with Crippen molar-refractivity contribution in [2.24, 2.45) is 0 Å². The summed E-state index contributed by atoms with van der Waals surface area (Å²) < 4.78 is 25.9. The number of sulfonamides is 1. The molecule has 1 amide bonds. The van der Waals surface area contributed by atoms with Gasteiger partial charge < -0.3 is 9.88 Å². The number of fused-ring (bicyclic) bond motifs is 1. The number of H-pyrrole nitrogens is 1. The number of para-hydroxylation sites is 2. The van der Waals surface area contributed by atoms with E-state index in [-0.39, 0.29) is 16.8 Å². The van der Waals surface area contributed by atoms with E-state index in [1.54, 1.807) is 18.2 Å². The van der Waals surface area contributed by atoms with Crippen LogP contribution < -0.4 is 4.72 Å². The maximum Gasteiger partial charge on any atom is 0.247 e. The van der Waals surface area contributed by atoms with Gasteiger partial charge >= 0.3 is 0 Å². The van der Waals surface area contributed by atoms with E-state index in [1.807, 2.05) is 29.2 Å². The lowest BCUT2D eigenvalue weighted by atomic mass is 10.2. The molecular formula is C21H22N4O3S. The van der Waals surface area contributed by atoms with Gasteiger partial charge in [0, 0.05) is 12.6 Å². The smallest absolute Gasteiger partial charge is 0.247 e. The molecule has 0 bridgehead atoms. The molecule has 1 aromatic heterocycles. The Hall–Kier alpha value is -2.97. The summed E-state index contributed by atoms with van der Waals surface area (Å²) in [6.45, 7) is 0.685. The summed E-state index contributed by atoms with van der Waals surface area (Å²) in [6, 6.07) is 14.1. The third kappa shape index (κ3) is 3.94. The van der Waals surface area contributed by atoms with Crippen LogP contribution in [-0.4, -0.2) is 42.8 Å². The Kier molecular flexibility index (Phi) is 5.21. The molecule has 2 aromatic carbocycles. The van der Waals surface area contributed by atoms with Gasteiger partial charge in [-0.05, 0) is 55.8 Å². The standard InChI is InChI=1S/C21H22N4O3S/c1-22-29(27,28)16-11-8-15(9-12-16)10-13-20(26)25-14-4-7-19(25)21-23-17-5-2-3-6-18(17)24-21/h2-3,5-6,8-13,19,22H,4,7,14H2,1H3,(H,23,24)/b13-10+. The lowest BCUT2D eigenvalue weighted by molar-refractivity contribution is -0.126. The van der Waals surface area contributed by atoms with E-state index in [0.29, 0.717) is 6.54 Å². The van der Waals surface area contributed by atoms with Crippen molar-refractivity contribution in [1.82, 2.24) is 19.6 Å². The molecule has 1 fully saturated rings. The fourth-order valence-electron chi connectivity index (χ4n) is 3.58. The van der Waals surface area contributed by atoms with Gasteiger partial charge in [-0.3, -0.25) is 4.79 Å². The first-order valence-corrected chi connectivity index (χ1v) is 10.9. The summed E-state index contributed by atoms with van der Waals surface area (Å²) in [7, 11) is -2.10.